The molecule has 0 saturated carbocycles. The van der Waals surface area contributed by atoms with Gasteiger partial charge in [-0.25, -0.2) is 0 Å². The number of rotatable bonds is 4. The Labute approximate surface area is 84.7 Å². The van der Waals surface area contributed by atoms with E-state index in [1.165, 1.54) is 0 Å². The van der Waals surface area contributed by atoms with Crippen molar-refractivity contribution in [3.8, 4) is 0 Å². The lowest BCUT2D eigenvalue weighted by Crippen LogP contribution is -2.04. The molecule has 0 N–H and O–H groups in total. The van der Waals surface area contributed by atoms with Crippen molar-refractivity contribution < 1.29 is 4.74 Å². The van der Waals surface area contributed by atoms with Gasteiger partial charge in [0.15, 0.2) is 5.56 Å². The van der Waals surface area contributed by atoms with E-state index in [1.807, 2.05) is 30.3 Å². The molecule has 13 heavy (non-hydrogen) atoms. The maximum absolute atomic E-state index is 6.03. The van der Waals surface area contributed by atoms with Gasteiger partial charge in [-0.1, -0.05) is 55.8 Å². The van der Waals surface area contributed by atoms with Crippen molar-refractivity contribution in [2.75, 3.05) is 6.61 Å². The van der Waals surface area contributed by atoms with Gasteiger partial charge in [0.25, 0.3) is 0 Å². The Balaban J connectivity index is 2.44. The Hall–Kier alpha value is -0.530. The van der Waals surface area contributed by atoms with Gasteiger partial charge in [-0.15, -0.1) is 0 Å². The zero-order chi connectivity index (χ0) is 9.68. The van der Waals surface area contributed by atoms with Gasteiger partial charge >= 0.3 is 0 Å². The Morgan fingerprint density at radius 1 is 1.23 bits per heavy atom. The summed E-state index contributed by atoms with van der Waals surface area (Å²) in [5.74, 6) is 0.518. The highest BCUT2D eigenvalue weighted by atomic mass is 35.5. The number of halogens is 1. The minimum Gasteiger partial charge on any atom is -0.358 e. The van der Waals surface area contributed by atoms with E-state index >= 15 is 0 Å². The van der Waals surface area contributed by atoms with Crippen LogP contribution in [-0.2, 0) is 4.74 Å². The van der Waals surface area contributed by atoms with Gasteiger partial charge in [-0.2, -0.15) is 0 Å². The summed E-state index contributed by atoms with van der Waals surface area (Å²) in [6.07, 6.45) is 0. The molecule has 0 aromatic heterocycles. The number of ether oxygens (including phenoxy) is 1. The molecule has 1 aromatic rings. The lowest BCUT2D eigenvalue weighted by Gasteiger charge is -2.12. The normalized spacial score (nSPS) is 13.2. The number of hydrogen-bond donors (Lipinski definition) is 0. The van der Waals surface area contributed by atoms with Crippen molar-refractivity contribution in [1.82, 2.24) is 0 Å². The first kappa shape index (κ1) is 10.6. The molecule has 0 radical (unpaired) electrons. The Kier molecular flexibility index (Phi) is 4.26. The molecule has 0 saturated heterocycles. The molecule has 1 atom stereocenters. The third-order valence-electron chi connectivity index (χ3n) is 1.64. The molecule has 0 aliphatic heterocycles. The van der Waals surface area contributed by atoms with E-state index in [0.717, 1.165) is 5.56 Å². The largest absolute Gasteiger partial charge is 0.358 e. The molecular formula is C11H15ClO. The summed E-state index contributed by atoms with van der Waals surface area (Å²) in [6.45, 7) is 4.91. The lowest BCUT2D eigenvalue weighted by molar-refractivity contribution is 0.0855. The van der Waals surface area contributed by atoms with Crippen LogP contribution in [0.15, 0.2) is 30.3 Å². The molecule has 0 heterocycles. The van der Waals surface area contributed by atoms with Gasteiger partial charge < -0.3 is 4.74 Å². The summed E-state index contributed by atoms with van der Waals surface area (Å²) >= 11 is 6.03. The molecule has 2 heteroatoms. The zero-order valence-electron chi connectivity index (χ0n) is 8.03. The molecule has 0 amide bonds. The molecule has 1 rings (SSSR count). The maximum Gasteiger partial charge on any atom is 0.156 e. The Morgan fingerprint density at radius 3 is 2.38 bits per heavy atom. The van der Waals surface area contributed by atoms with Crippen molar-refractivity contribution in [3.63, 3.8) is 0 Å². The van der Waals surface area contributed by atoms with E-state index in [1.54, 1.807) is 0 Å². The smallest absolute Gasteiger partial charge is 0.156 e. The van der Waals surface area contributed by atoms with Crippen LogP contribution in [0.5, 0.6) is 0 Å². The number of alkyl halides is 1. The molecule has 1 unspecified atom stereocenters. The van der Waals surface area contributed by atoms with Crippen molar-refractivity contribution in [2.45, 2.75) is 19.4 Å². The van der Waals surface area contributed by atoms with E-state index in [4.69, 9.17) is 16.3 Å². The van der Waals surface area contributed by atoms with Crippen LogP contribution in [0.25, 0.3) is 0 Å². The van der Waals surface area contributed by atoms with Gasteiger partial charge in [0.2, 0.25) is 0 Å². The van der Waals surface area contributed by atoms with Crippen LogP contribution in [0, 0.1) is 5.92 Å². The van der Waals surface area contributed by atoms with Crippen molar-refractivity contribution >= 4 is 11.6 Å². The first-order valence-electron chi connectivity index (χ1n) is 4.50. The molecule has 0 aliphatic carbocycles. The fourth-order valence-electron chi connectivity index (χ4n) is 0.978. The quantitative estimate of drug-likeness (QED) is 0.672. The van der Waals surface area contributed by atoms with Crippen LogP contribution in [0.4, 0.5) is 0 Å². The third-order valence-corrected chi connectivity index (χ3v) is 2.02. The van der Waals surface area contributed by atoms with E-state index in [-0.39, 0.29) is 5.56 Å². The topological polar surface area (TPSA) is 9.23 Å². The lowest BCUT2D eigenvalue weighted by atomic mass is 10.2. The predicted octanol–water partition coefficient (Wildman–Crippen LogP) is 3.60. The second kappa shape index (κ2) is 5.25. The summed E-state index contributed by atoms with van der Waals surface area (Å²) < 4.78 is 5.45. The monoisotopic (exact) mass is 198 g/mol. The highest BCUT2D eigenvalue weighted by molar-refractivity contribution is 6.19. The molecule has 0 fully saturated rings. The first-order chi connectivity index (χ1) is 6.20. The fourth-order valence-corrected chi connectivity index (χ4v) is 1.20. The van der Waals surface area contributed by atoms with E-state index in [2.05, 4.69) is 13.8 Å². The highest BCUT2D eigenvalue weighted by Crippen LogP contribution is 2.21. The highest BCUT2D eigenvalue weighted by Gasteiger charge is 2.07. The van der Waals surface area contributed by atoms with Gasteiger partial charge in [-0.05, 0) is 11.5 Å². The van der Waals surface area contributed by atoms with Crippen molar-refractivity contribution in [3.05, 3.63) is 35.9 Å². The zero-order valence-corrected chi connectivity index (χ0v) is 8.79. The van der Waals surface area contributed by atoms with Gasteiger partial charge in [0.1, 0.15) is 0 Å². The number of hydrogen-bond acceptors (Lipinski definition) is 1. The fraction of sp³-hybridized carbons (Fsp3) is 0.455. The van der Waals surface area contributed by atoms with Crippen LogP contribution in [0.3, 0.4) is 0 Å². The van der Waals surface area contributed by atoms with Crippen LogP contribution < -0.4 is 0 Å². The standard InChI is InChI=1S/C11H15ClO/c1-9(2)8-13-11(12)10-6-4-3-5-7-10/h3-7,9,11H,8H2,1-2H3. The average Bonchev–Trinajstić information content (AvgIpc) is 2.15. The summed E-state index contributed by atoms with van der Waals surface area (Å²) in [5, 5.41) is 0. The van der Waals surface area contributed by atoms with E-state index < -0.39 is 0 Å². The van der Waals surface area contributed by atoms with Gasteiger partial charge in [0.05, 0.1) is 6.61 Å². The second-order valence-corrected chi connectivity index (χ2v) is 3.85. The van der Waals surface area contributed by atoms with Crippen LogP contribution in [0.1, 0.15) is 25.0 Å². The molecule has 72 valence electrons. The Bertz CT molecular complexity index is 233. The van der Waals surface area contributed by atoms with Crippen LogP contribution >= 0.6 is 11.6 Å². The minimum atomic E-state index is -0.316. The summed E-state index contributed by atoms with van der Waals surface area (Å²) in [4.78, 5) is 0. The van der Waals surface area contributed by atoms with Crippen LogP contribution in [-0.4, -0.2) is 6.61 Å². The second-order valence-electron chi connectivity index (χ2n) is 3.45. The van der Waals surface area contributed by atoms with Gasteiger partial charge in [-0.3, -0.25) is 0 Å². The molecule has 0 bridgehead atoms. The number of benzene rings is 1. The van der Waals surface area contributed by atoms with Crippen LogP contribution in [0.2, 0.25) is 0 Å². The predicted molar refractivity (Wildman–Crippen MR) is 55.8 cm³/mol. The van der Waals surface area contributed by atoms with E-state index in [0.29, 0.717) is 12.5 Å². The SMILES string of the molecule is CC(C)COC(Cl)c1ccccc1. The average molecular weight is 199 g/mol. The molecule has 0 spiro atoms. The minimum absolute atomic E-state index is 0.316. The molecule has 1 aromatic carbocycles. The molecule has 1 nitrogen and oxygen atoms in total. The maximum atomic E-state index is 6.03. The Morgan fingerprint density at radius 2 is 1.85 bits per heavy atom. The van der Waals surface area contributed by atoms with E-state index in [9.17, 15) is 0 Å². The molecular weight excluding hydrogens is 184 g/mol. The van der Waals surface area contributed by atoms with Gasteiger partial charge in [0, 0.05) is 0 Å². The summed E-state index contributed by atoms with van der Waals surface area (Å²) in [5.41, 5.74) is 0.702. The van der Waals surface area contributed by atoms with Crippen molar-refractivity contribution in [1.29, 1.82) is 0 Å². The third kappa shape index (κ3) is 3.79. The molecule has 0 aliphatic rings. The first-order valence-corrected chi connectivity index (χ1v) is 4.94. The summed E-state index contributed by atoms with van der Waals surface area (Å²) in [6, 6.07) is 9.83. The summed E-state index contributed by atoms with van der Waals surface area (Å²) in [7, 11) is 0. The van der Waals surface area contributed by atoms with Crippen molar-refractivity contribution in [2.24, 2.45) is 5.92 Å².